The number of anilines is 1. The van der Waals surface area contributed by atoms with Crippen LogP contribution in [0.2, 0.25) is 0 Å². The van der Waals surface area contributed by atoms with Crippen LogP contribution in [0.3, 0.4) is 0 Å². The van der Waals surface area contributed by atoms with Crippen LogP contribution in [0, 0.1) is 0 Å². The Labute approximate surface area is 158 Å². The number of hydrogen-bond donors (Lipinski definition) is 3. The van der Waals surface area contributed by atoms with Crippen molar-refractivity contribution in [2.75, 3.05) is 11.0 Å². The standard InChI is InChI=1S/C13H13NO9S4/c1-24(15)10-3-2-4-11(7-10)25(16,17)14-9-5-12(26(18,19)20)8-13(6-9)27(21,22)23/h2-8,14H,1H3,(H,18,19,20)(H,21,22,23). The van der Waals surface area contributed by atoms with Gasteiger partial charge < -0.3 is 0 Å². The Morgan fingerprint density at radius 1 is 0.815 bits per heavy atom. The van der Waals surface area contributed by atoms with Crippen LogP contribution in [0.4, 0.5) is 5.69 Å². The van der Waals surface area contributed by atoms with E-state index in [1.54, 1.807) is 0 Å². The summed E-state index contributed by atoms with van der Waals surface area (Å²) in [5, 5.41) is 0. The molecule has 10 nitrogen and oxygen atoms in total. The monoisotopic (exact) mass is 455 g/mol. The number of benzene rings is 2. The van der Waals surface area contributed by atoms with Crippen molar-refractivity contribution in [3.8, 4) is 0 Å². The summed E-state index contributed by atoms with van der Waals surface area (Å²) in [6, 6.07) is 6.87. The molecular weight excluding hydrogens is 442 g/mol. The summed E-state index contributed by atoms with van der Waals surface area (Å²) in [4.78, 5) is -2.00. The lowest BCUT2D eigenvalue weighted by molar-refractivity contribution is 0.481. The summed E-state index contributed by atoms with van der Waals surface area (Å²) in [5.41, 5.74) is -0.541. The Hall–Kier alpha value is -1.84. The normalized spacial score (nSPS) is 13.9. The van der Waals surface area contributed by atoms with Gasteiger partial charge in [-0.2, -0.15) is 16.8 Å². The molecule has 3 N–H and O–H groups in total. The summed E-state index contributed by atoms with van der Waals surface area (Å²) in [6.45, 7) is 0. The van der Waals surface area contributed by atoms with Crippen LogP contribution in [0.25, 0.3) is 0 Å². The van der Waals surface area contributed by atoms with Crippen molar-refractivity contribution in [1.82, 2.24) is 0 Å². The lowest BCUT2D eigenvalue weighted by Crippen LogP contribution is -2.14. The fourth-order valence-corrected chi connectivity index (χ4v) is 4.86. The molecule has 0 spiro atoms. The minimum atomic E-state index is -4.90. The molecular formula is C13H13NO9S4. The molecule has 2 rings (SSSR count). The zero-order valence-electron chi connectivity index (χ0n) is 13.4. The van der Waals surface area contributed by atoms with Gasteiger partial charge in [0.15, 0.2) is 0 Å². The Balaban J connectivity index is 2.59. The van der Waals surface area contributed by atoms with Gasteiger partial charge in [-0.15, -0.1) is 0 Å². The molecule has 2 aromatic carbocycles. The average molecular weight is 456 g/mol. The molecule has 2 aromatic rings. The topological polar surface area (TPSA) is 172 Å². The average Bonchev–Trinajstić information content (AvgIpc) is 2.52. The number of hydrogen-bond acceptors (Lipinski definition) is 7. The van der Waals surface area contributed by atoms with Gasteiger partial charge >= 0.3 is 0 Å². The summed E-state index contributed by atoms with van der Waals surface area (Å²) in [5.74, 6) is 0. The Morgan fingerprint density at radius 3 is 1.78 bits per heavy atom. The highest BCUT2D eigenvalue weighted by molar-refractivity contribution is 7.92. The maximum atomic E-state index is 12.5. The van der Waals surface area contributed by atoms with Gasteiger partial charge in [-0.1, -0.05) is 6.07 Å². The van der Waals surface area contributed by atoms with Crippen molar-refractivity contribution < 1.29 is 38.6 Å². The van der Waals surface area contributed by atoms with Gasteiger partial charge in [0.1, 0.15) is 0 Å². The van der Waals surface area contributed by atoms with Gasteiger partial charge in [-0.05, 0) is 36.4 Å². The van der Waals surface area contributed by atoms with Crippen LogP contribution in [0.15, 0.2) is 62.0 Å². The van der Waals surface area contributed by atoms with Crippen molar-refractivity contribution >= 4 is 46.7 Å². The fourth-order valence-electron chi connectivity index (χ4n) is 1.96. The highest BCUT2D eigenvalue weighted by atomic mass is 32.2. The van der Waals surface area contributed by atoms with Gasteiger partial charge in [-0.25, -0.2) is 8.42 Å². The third kappa shape index (κ3) is 5.33. The highest BCUT2D eigenvalue weighted by Gasteiger charge is 2.21. The summed E-state index contributed by atoms with van der Waals surface area (Å²) in [7, 11) is -15.6. The van der Waals surface area contributed by atoms with Crippen LogP contribution in [-0.4, -0.2) is 44.8 Å². The molecule has 0 amide bonds. The van der Waals surface area contributed by atoms with Crippen molar-refractivity contribution in [2.45, 2.75) is 19.6 Å². The first-order chi connectivity index (χ1) is 12.2. The Morgan fingerprint density at radius 2 is 1.33 bits per heavy atom. The molecule has 1 unspecified atom stereocenters. The van der Waals surface area contributed by atoms with Gasteiger partial charge in [0.05, 0.1) is 20.4 Å². The zero-order valence-corrected chi connectivity index (χ0v) is 16.7. The number of rotatable bonds is 6. The second-order valence-corrected chi connectivity index (χ2v) is 11.1. The number of sulfonamides is 1. The molecule has 0 fully saturated rings. The van der Waals surface area contributed by atoms with Crippen LogP contribution >= 0.6 is 0 Å². The smallest absolute Gasteiger partial charge is 0.282 e. The minimum Gasteiger partial charge on any atom is -0.282 e. The van der Waals surface area contributed by atoms with Gasteiger partial charge in [0.25, 0.3) is 30.3 Å². The maximum absolute atomic E-state index is 12.5. The summed E-state index contributed by atoms with van der Waals surface area (Å²) < 4.78 is 102. The highest BCUT2D eigenvalue weighted by Crippen LogP contribution is 2.25. The van der Waals surface area contributed by atoms with Crippen molar-refractivity contribution in [1.29, 1.82) is 0 Å². The molecule has 0 radical (unpaired) electrons. The molecule has 0 saturated heterocycles. The van der Waals surface area contributed by atoms with E-state index in [4.69, 9.17) is 9.11 Å². The maximum Gasteiger partial charge on any atom is 0.294 e. The molecule has 1 atom stereocenters. The van der Waals surface area contributed by atoms with E-state index in [0.29, 0.717) is 18.2 Å². The van der Waals surface area contributed by atoms with Crippen LogP contribution in [0.1, 0.15) is 0 Å². The molecule has 0 aliphatic rings. The molecule has 14 heteroatoms. The first-order valence-corrected chi connectivity index (χ1v) is 12.7. The van der Waals surface area contributed by atoms with Crippen LogP contribution < -0.4 is 4.72 Å². The SMILES string of the molecule is CS(=O)c1cccc(S(=O)(=O)Nc2cc(S(=O)(=O)O)cc(S(=O)(=O)O)c2)c1. The van der Waals surface area contributed by atoms with E-state index in [0.717, 1.165) is 6.07 Å². The molecule has 0 aliphatic heterocycles. The Bertz CT molecular complexity index is 1180. The van der Waals surface area contributed by atoms with Gasteiger partial charge in [-0.3, -0.25) is 18.0 Å². The second kappa shape index (κ2) is 7.29. The fraction of sp³-hybridized carbons (Fsp3) is 0.0769. The van der Waals surface area contributed by atoms with Gasteiger partial charge in [0, 0.05) is 22.0 Å². The molecule has 27 heavy (non-hydrogen) atoms. The van der Waals surface area contributed by atoms with E-state index in [1.165, 1.54) is 24.5 Å². The van der Waals surface area contributed by atoms with Crippen molar-refractivity contribution in [2.24, 2.45) is 0 Å². The van der Waals surface area contributed by atoms with Gasteiger partial charge in [0.2, 0.25) is 0 Å². The molecule has 0 saturated carbocycles. The Kier molecular flexibility index (Phi) is 5.79. The van der Waals surface area contributed by atoms with E-state index >= 15 is 0 Å². The van der Waals surface area contributed by atoms with E-state index in [9.17, 15) is 29.5 Å². The first kappa shape index (κ1) is 21.5. The van der Waals surface area contributed by atoms with E-state index in [2.05, 4.69) is 0 Å². The third-order valence-corrected chi connectivity index (χ3v) is 7.14. The molecule has 148 valence electrons. The predicted molar refractivity (Wildman–Crippen MR) is 95.7 cm³/mol. The predicted octanol–water partition coefficient (Wildman–Crippen LogP) is 0.718. The zero-order chi connectivity index (χ0) is 20.6. The van der Waals surface area contributed by atoms with Crippen LogP contribution in [-0.2, 0) is 41.1 Å². The lowest BCUT2D eigenvalue weighted by atomic mass is 10.3. The quantitative estimate of drug-likeness (QED) is 0.530. The minimum absolute atomic E-state index is 0.211. The third-order valence-electron chi connectivity index (χ3n) is 3.18. The second-order valence-electron chi connectivity index (χ2n) is 5.18. The summed E-state index contributed by atoms with van der Waals surface area (Å²) in [6.07, 6.45) is 1.34. The molecule has 0 aromatic heterocycles. The lowest BCUT2D eigenvalue weighted by Gasteiger charge is -2.11. The largest absolute Gasteiger partial charge is 0.294 e. The number of nitrogens with one attached hydrogen (secondary N) is 1. The van der Waals surface area contributed by atoms with E-state index < -0.39 is 56.5 Å². The molecule has 0 heterocycles. The van der Waals surface area contributed by atoms with E-state index in [-0.39, 0.29) is 9.79 Å². The summed E-state index contributed by atoms with van der Waals surface area (Å²) >= 11 is 0. The van der Waals surface area contributed by atoms with Crippen LogP contribution in [0.5, 0.6) is 0 Å². The molecule has 0 bridgehead atoms. The first-order valence-electron chi connectivity index (χ1n) is 6.76. The van der Waals surface area contributed by atoms with Crippen molar-refractivity contribution in [3.05, 3.63) is 42.5 Å². The molecule has 0 aliphatic carbocycles. The van der Waals surface area contributed by atoms with E-state index in [1.807, 2.05) is 4.72 Å². The van der Waals surface area contributed by atoms with Crippen molar-refractivity contribution in [3.63, 3.8) is 0 Å².